The van der Waals surface area contributed by atoms with E-state index in [-0.39, 0.29) is 18.9 Å². The molecule has 88 valence electrons. The Bertz CT molecular complexity index is 386. The number of ether oxygens (including phenoxy) is 1. The zero-order valence-electron chi connectivity index (χ0n) is 8.30. The number of hydrogen-bond donors (Lipinski definition) is 2. The molecule has 0 amide bonds. The van der Waals surface area contributed by atoms with Crippen LogP contribution >= 0.6 is 0 Å². The van der Waals surface area contributed by atoms with E-state index in [4.69, 9.17) is 15.6 Å². The maximum absolute atomic E-state index is 13.1. The van der Waals surface area contributed by atoms with E-state index in [1.54, 1.807) is 0 Å². The third-order valence-corrected chi connectivity index (χ3v) is 1.83. The molecule has 1 aromatic rings. The molecule has 0 aliphatic carbocycles. The van der Waals surface area contributed by atoms with Crippen LogP contribution in [0.2, 0.25) is 0 Å². The minimum absolute atomic E-state index is 0.0233. The van der Waals surface area contributed by atoms with Crippen molar-refractivity contribution in [3.63, 3.8) is 0 Å². The van der Waals surface area contributed by atoms with Gasteiger partial charge in [-0.15, -0.1) is 0 Å². The van der Waals surface area contributed by atoms with Crippen LogP contribution in [0.4, 0.5) is 10.1 Å². The monoisotopic (exact) mass is 230 g/mol. The fourth-order valence-corrected chi connectivity index (χ4v) is 0.986. The highest BCUT2D eigenvalue weighted by atomic mass is 19.1. The summed E-state index contributed by atoms with van der Waals surface area (Å²) in [6, 6.07) is 3.14. The molecule has 0 saturated heterocycles. The molecule has 0 saturated carbocycles. The Morgan fingerprint density at radius 3 is 2.81 bits per heavy atom. The molecule has 0 aromatic heterocycles. The van der Waals surface area contributed by atoms with Gasteiger partial charge in [-0.25, -0.2) is 0 Å². The third kappa shape index (κ3) is 3.14. The zero-order chi connectivity index (χ0) is 12.1. The number of nitrogens with zero attached hydrogens (tertiary/aromatic N) is 1. The summed E-state index contributed by atoms with van der Waals surface area (Å²) in [7, 11) is 0. The van der Waals surface area contributed by atoms with Crippen molar-refractivity contribution >= 4 is 5.69 Å². The Hall–Kier alpha value is -1.73. The summed E-state index contributed by atoms with van der Waals surface area (Å²) in [5.41, 5.74) is 4.52. The highest BCUT2D eigenvalue weighted by molar-refractivity contribution is 5.37. The molecule has 0 spiro atoms. The number of benzene rings is 1. The van der Waals surface area contributed by atoms with Gasteiger partial charge in [0.15, 0.2) is 0 Å². The van der Waals surface area contributed by atoms with E-state index in [1.807, 2.05) is 0 Å². The molecule has 0 aliphatic rings. The second-order valence-corrected chi connectivity index (χ2v) is 3.07. The van der Waals surface area contributed by atoms with Gasteiger partial charge in [0.25, 0.3) is 0 Å². The van der Waals surface area contributed by atoms with Crippen molar-refractivity contribution in [1.82, 2.24) is 0 Å². The lowest BCUT2D eigenvalue weighted by Gasteiger charge is -2.09. The second kappa shape index (κ2) is 5.38. The highest BCUT2D eigenvalue weighted by Gasteiger charge is 2.14. The van der Waals surface area contributed by atoms with Crippen molar-refractivity contribution in [2.24, 2.45) is 5.73 Å². The van der Waals surface area contributed by atoms with Crippen molar-refractivity contribution in [2.75, 3.05) is 13.2 Å². The number of rotatable bonds is 5. The van der Waals surface area contributed by atoms with E-state index in [9.17, 15) is 14.5 Å². The first-order chi connectivity index (χ1) is 7.54. The number of nitro benzene ring substituents is 1. The Kier molecular flexibility index (Phi) is 4.15. The maximum Gasteiger partial charge on any atom is 0.305 e. The average Bonchev–Trinajstić information content (AvgIpc) is 2.25. The molecule has 16 heavy (non-hydrogen) atoms. The van der Waals surface area contributed by atoms with E-state index in [0.29, 0.717) is 0 Å². The molecular formula is C9H11FN2O4. The van der Waals surface area contributed by atoms with Crippen molar-refractivity contribution < 1.29 is 19.2 Å². The van der Waals surface area contributed by atoms with E-state index >= 15 is 0 Å². The first-order valence-electron chi connectivity index (χ1n) is 4.49. The fraction of sp³-hybridized carbons (Fsp3) is 0.333. The molecule has 1 aromatic carbocycles. The van der Waals surface area contributed by atoms with Gasteiger partial charge < -0.3 is 15.6 Å². The van der Waals surface area contributed by atoms with Crippen LogP contribution in [0.1, 0.15) is 0 Å². The van der Waals surface area contributed by atoms with Crippen LogP contribution in [0.15, 0.2) is 18.2 Å². The lowest BCUT2D eigenvalue weighted by Crippen LogP contribution is -2.26. The normalized spacial score (nSPS) is 12.2. The number of nitro groups is 1. The molecule has 3 N–H and O–H groups in total. The van der Waals surface area contributed by atoms with Crippen molar-refractivity contribution in [3.8, 4) is 5.75 Å². The van der Waals surface area contributed by atoms with Gasteiger partial charge in [0, 0.05) is 18.7 Å². The maximum atomic E-state index is 13.1. The smallest absolute Gasteiger partial charge is 0.305 e. The molecule has 0 heterocycles. The van der Waals surface area contributed by atoms with Crippen molar-refractivity contribution in [2.45, 2.75) is 6.10 Å². The molecular weight excluding hydrogens is 219 g/mol. The van der Waals surface area contributed by atoms with E-state index in [1.165, 1.54) is 6.07 Å². The molecule has 0 radical (unpaired) electrons. The Balaban J connectivity index is 2.70. The molecule has 1 rings (SSSR count). The summed E-state index contributed by atoms with van der Waals surface area (Å²) in [5.74, 6) is -0.875. The average molecular weight is 230 g/mol. The van der Waals surface area contributed by atoms with Crippen LogP contribution in [0.3, 0.4) is 0 Å². The molecule has 0 bridgehead atoms. The minimum atomic E-state index is -0.982. The van der Waals surface area contributed by atoms with Crippen LogP contribution in [0.5, 0.6) is 5.75 Å². The summed E-state index contributed by atoms with van der Waals surface area (Å²) >= 11 is 0. The van der Waals surface area contributed by atoms with Crippen LogP contribution in [-0.2, 0) is 0 Å². The quantitative estimate of drug-likeness (QED) is 0.564. The Morgan fingerprint density at radius 1 is 1.62 bits per heavy atom. The van der Waals surface area contributed by atoms with Crippen LogP contribution < -0.4 is 10.5 Å². The van der Waals surface area contributed by atoms with E-state index in [2.05, 4.69) is 0 Å². The second-order valence-electron chi connectivity index (χ2n) is 3.07. The number of aliphatic hydroxyl groups is 1. The molecule has 1 unspecified atom stereocenters. The Morgan fingerprint density at radius 2 is 2.31 bits per heavy atom. The van der Waals surface area contributed by atoms with Gasteiger partial charge >= 0.3 is 5.69 Å². The predicted molar refractivity (Wildman–Crippen MR) is 53.6 cm³/mol. The molecule has 7 heteroatoms. The van der Waals surface area contributed by atoms with E-state index in [0.717, 1.165) is 12.1 Å². The lowest BCUT2D eigenvalue weighted by molar-refractivity contribution is -0.387. The highest BCUT2D eigenvalue weighted by Crippen LogP contribution is 2.22. The van der Waals surface area contributed by atoms with Gasteiger partial charge in [-0.1, -0.05) is 0 Å². The van der Waals surface area contributed by atoms with Crippen LogP contribution in [0, 0.1) is 15.9 Å². The van der Waals surface area contributed by atoms with Gasteiger partial charge in [-0.05, 0) is 6.07 Å². The van der Waals surface area contributed by atoms with Gasteiger partial charge in [-0.3, -0.25) is 10.1 Å². The molecule has 1 atom stereocenters. The molecule has 0 aliphatic heterocycles. The standard InChI is InChI=1S/C9H11FN2O4/c10-8-3-7(16-5-6(13)4-11)1-2-9(8)12(14)15/h1-3,6,13H,4-5,11H2. The van der Waals surface area contributed by atoms with E-state index < -0.39 is 22.5 Å². The first kappa shape index (κ1) is 12.3. The number of halogens is 1. The largest absolute Gasteiger partial charge is 0.491 e. The van der Waals surface area contributed by atoms with Crippen molar-refractivity contribution in [1.29, 1.82) is 0 Å². The summed E-state index contributed by atoms with van der Waals surface area (Å²) < 4.78 is 18.1. The number of hydrogen-bond acceptors (Lipinski definition) is 5. The number of aliphatic hydroxyl groups excluding tert-OH is 1. The fourth-order valence-electron chi connectivity index (χ4n) is 0.986. The Labute approximate surface area is 90.6 Å². The van der Waals surface area contributed by atoms with Gasteiger partial charge in [0.2, 0.25) is 5.82 Å². The van der Waals surface area contributed by atoms with Crippen LogP contribution in [-0.4, -0.2) is 29.3 Å². The SMILES string of the molecule is NCC(O)COc1ccc([N+](=O)[O-])c(F)c1. The summed E-state index contributed by atoms with van der Waals surface area (Å²) in [6.45, 7) is -0.0663. The summed E-state index contributed by atoms with van der Waals surface area (Å²) in [6.07, 6.45) is -0.849. The number of nitrogens with two attached hydrogens (primary N) is 1. The predicted octanol–water partition coefficient (Wildman–Crippen LogP) is 0.432. The van der Waals surface area contributed by atoms with Gasteiger partial charge in [0.05, 0.1) is 4.92 Å². The minimum Gasteiger partial charge on any atom is -0.491 e. The molecule has 6 nitrogen and oxygen atoms in total. The lowest BCUT2D eigenvalue weighted by atomic mass is 10.3. The van der Waals surface area contributed by atoms with Crippen molar-refractivity contribution in [3.05, 3.63) is 34.1 Å². The zero-order valence-corrected chi connectivity index (χ0v) is 8.30. The summed E-state index contributed by atoms with van der Waals surface area (Å²) in [4.78, 5) is 9.49. The summed E-state index contributed by atoms with van der Waals surface area (Å²) in [5, 5.41) is 19.4. The van der Waals surface area contributed by atoms with Gasteiger partial charge in [0.1, 0.15) is 18.5 Å². The third-order valence-electron chi connectivity index (χ3n) is 1.83. The first-order valence-corrected chi connectivity index (χ1v) is 4.49. The van der Waals surface area contributed by atoms with Gasteiger partial charge in [-0.2, -0.15) is 4.39 Å². The van der Waals surface area contributed by atoms with Crippen LogP contribution in [0.25, 0.3) is 0 Å². The topological polar surface area (TPSA) is 98.6 Å². The molecule has 0 fully saturated rings.